The van der Waals surface area contributed by atoms with E-state index < -0.39 is 0 Å². The fraction of sp³-hybridized carbons (Fsp3) is 0.300. The topological polar surface area (TPSA) is 38.0 Å². The molecular formula is C10H11BrN2S. The van der Waals surface area contributed by atoms with Gasteiger partial charge in [-0.2, -0.15) is 0 Å². The number of rotatable bonds is 3. The zero-order valence-corrected chi connectivity index (χ0v) is 9.99. The van der Waals surface area contributed by atoms with Crippen molar-refractivity contribution < 1.29 is 0 Å². The van der Waals surface area contributed by atoms with Gasteiger partial charge in [0.15, 0.2) is 0 Å². The highest BCUT2D eigenvalue weighted by Gasteiger charge is 2.20. The Morgan fingerprint density at radius 1 is 1.50 bits per heavy atom. The van der Waals surface area contributed by atoms with Crippen LogP contribution in [0.2, 0.25) is 0 Å². The molecule has 1 fully saturated rings. The summed E-state index contributed by atoms with van der Waals surface area (Å²) >= 11 is 8.37. The van der Waals surface area contributed by atoms with E-state index in [-0.39, 0.29) is 0 Å². The summed E-state index contributed by atoms with van der Waals surface area (Å²) < 4.78 is 0.954. The molecule has 0 bridgehead atoms. The Labute approximate surface area is 97.0 Å². The smallest absolute Gasteiger partial charge is 0.105 e. The molecule has 1 aromatic carbocycles. The fourth-order valence-corrected chi connectivity index (χ4v) is 2.17. The van der Waals surface area contributed by atoms with Crippen molar-refractivity contribution in [3.05, 3.63) is 28.2 Å². The van der Waals surface area contributed by atoms with Crippen molar-refractivity contribution in [2.24, 2.45) is 5.73 Å². The molecule has 4 heteroatoms. The lowest BCUT2D eigenvalue weighted by molar-refractivity contribution is 1.15. The van der Waals surface area contributed by atoms with Gasteiger partial charge in [-0.1, -0.05) is 12.2 Å². The maximum absolute atomic E-state index is 5.56. The molecule has 2 nitrogen and oxygen atoms in total. The van der Waals surface area contributed by atoms with Crippen LogP contribution >= 0.6 is 28.1 Å². The summed E-state index contributed by atoms with van der Waals surface area (Å²) in [6.45, 7) is 0. The third-order valence-corrected chi connectivity index (χ3v) is 3.06. The molecule has 1 aromatic rings. The van der Waals surface area contributed by atoms with Gasteiger partial charge in [0.05, 0.1) is 0 Å². The Morgan fingerprint density at radius 2 is 2.21 bits per heavy atom. The van der Waals surface area contributed by atoms with E-state index in [4.69, 9.17) is 18.0 Å². The molecule has 0 heterocycles. The zero-order chi connectivity index (χ0) is 10.1. The first-order chi connectivity index (χ1) is 6.66. The molecule has 1 saturated carbocycles. The molecule has 14 heavy (non-hydrogen) atoms. The summed E-state index contributed by atoms with van der Waals surface area (Å²) in [5.41, 5.74) is 7.57. The van der Waals surface area contributed by atoms with Gasteiger partial charge >= 0.3 is 0 Å². The maximum Gasteiger partial charge on any atom is 0.105 e. The molecule has 0 aromatic heterocycles. The second-order valence-corrected chi connectivity index (χ2v) is 4.77. The largest absolute Gasteiger partial charge is 0.389 e. The van der Waals surface area contributed by atoms with Crippen LogP contribution in [-0.4, -0.2) is 11.0 Å². The monoisotopic (exact) mass is 270 g/mol. The molecule has 2 rings (SSSR count). The van der Waals surface area contributed by atoms with E-state index in [0.717, 1.165) is 15.7 Å². The summed E-state index contributed by atoms with van der Waals surface area (Å²) in [5.74, 6) is 0. The van der Waals surface area contributed by atoms with Crippen LogP contribution in [-0.2, 0) is 0 Å². The molecule has 0 saturated heterocycles. The van der Waals surface area contributed by atoms with E-state index in [1.165, 1.54) is 12.8 Å². The van der Waals surface area contributed by atoms with E-state index in [1.807, 2.05) is 18.2 Å². The summed E-state index contributed by atoms with van der Waals surface area (Å²) in [4.78, 5) is 0.426. The number of benzene rings is 1. The lowest BCUT2D eigenvalue weighted by Crippen LogP contribution is -2.10. The quantitative estimate of drug-likeness (QED) is 0.830. The Kier molecular flexibility index (Phi) is 2.74. The molecule has 1 aliphatic rings. The van der Waals surface area contributed by atoms with Gasteiger partial charge in [-0.3, -0.25) is 0 Å². The number of hydrogen-bond acceptors (Lipinski definition) is 2. The number of halogens is 1. The van der Waals surface area contributed by atoms with Gasteiger partial charge < -0.3 is 11.1 Å². The average molecular weight is 271 g/mol. The lowest BCUT2D eigenvalue weighted by Gasteiger charge is -2.07. The van der Waals surface area contributed by atoms with Crippen LogP contribution in [0.5, 0.6) is 0 Å². The molecule has 0 atom stereocenters. The average Bonchev–Trinajstić information content (AvgIpc) is 2.87. The van der Waals surface area contributed by atoms with Crippen LogP contribution < -0.4 is 11.1 Å². The first-order valence-corrected chi connectivity index (χ1v) is 5.73. The Morgan fingerprint density at radius 3 is 2.71 bits per heavy atom. The molecule has 0 radical (unpaired) electrons. The molecule has 74 valence electrons. The van der Waals surface area contributed by atoms with Crippen LogP contribution in [0.25, 0.3) is 0 Å². The zero-order valence-electron chi connectivity index (χ0n) is 7.59. The van der Waals surface area contributed by atoms with E-state index in [0.29, 0.717) is 11.0 Å². The van der Waals surface area contributed by atoms with Gasteiger partial charge in [0.25, 0.3) is 0 Å². The highest BCUT2D eigenvalue weighted by Crippen LogP contribution is 2.27. The number of hydrogen-bond donors (Lipinski definition) is 2. The van der Waals surface area contributed by atoms with Crippen molar-refractivity contribution in [1.82, 2.24) is 0 Å². The molecular weight excluding hydrogens is 260 g/mol. The van der Waals surface area contributed by atoms with Crippen molar-refractivity contribution >= 4 is 38.8 Å². The summed E-state index contributed by atoms with van der Waals surface area (Å²) in [6, 6.07) is 6.64. The molecule has 0 spiro atoms. The van der Waals surface area contributed by atoms with Crippen LogP contribution in [0.15, 0.2) is 22.7 Å². The Hall–Kier alpha value is -0.610. The van der Waals surface area contributed by atoms with Crippen LogP contribution in [0.1, 0.15) is 18.4 Å². The minimum absolute atomic E-state index is 0.426. The fourth-order valence-electron chi connectivity index (χ4n) is 1.27. The van der Waals surface area contributed by atoms with E-state index >= 15 is 0 Å². The SMILES string of the molecule is NC(=S)c1ccc(NC2CC2)cc1Br. The van der Waals surface area contributed by atoms with Crippen molar-refractivity contribution in [3.8, 4) is 0 Å². The highest BCUT2D eigenvalue weighted by atomic mass is 79.9. The summed E-state index contributed by atoms with van der Waals surface area (Å²) in [6.07, 6.45) is 2.54. The Bertz CT molecular complexity index is 374. The van der Waals surface area contributed by atoms with Gasteiger partial charge in [-0.15, -0.1) is 0 Å². The summed E-state index contributed by atoms with van der Waals surface area (Å²) in [5, 5.41) is 3.41. The first kappa shape index (κ1) is 9.93. The van der Waals surface area contributed by atoms with Crippen molar-refractivity contribution in [2.75, 3.05) is 5.32 Å². The number of anilines is 1. The second-order valence-electron chi connectivity index (χ2n) is 3.48. The normalized spacial score (nSPS) is 15.2. The lowest BCUT2D eigenvalue weighted by atomic mass is 10.2. The van der Waals surface area contributed by atoms with Crippen LogP contribution in [0.3, 0.4) is 0 Å². The molecule has 0 aliphatic heterocycles. The van der Waals surface area contributed by atoms with Crippen LogP contribution in [0, 0.1) is 0 Å². The van der Waals surface area contributed by atoms with E-state index in [2.05, 4.69) is 21.2 Å². The third-order valence-electron chi connectivity index (χ3n) is 2.18. The standard InChI is InChI=1S/C10H11BrN2S/c11-9-5-7(13-6-1-2-6)3-4-8(9)10(12)14/h3-6,13H,1-2H2,(H2,12,14). The Balaban J connectivity index is 2.20. The predicted octanol–water partition coefficient (Wildman–Crippen LogP) is 2.66. The van der Waals surface area contributed by atoms with E-state index in [9.17, 15) is 0 Å². The third kappa shape index (κ3) is 2.25. The van der Waals surface area contributed by atoms with Crippen molar-refractivity contribution in [3.63, 3.8) is 0 Å². The number of nitrogens with one attached hydrogen (secondary N) is 1. The molecule has 0 amide bonds. The van der Waals surface area contributed by atoms with Crippen LogP contribution in [0.4, 0.5) is 5.69 Å². The number of thiocarbonyl (C=S) groups is 1. The van der Waals surface area contributed by atoms with Crippen molar-refractivity contribution in [1.29, 1.82) is 0 Å². The highest BCUT2D eigenvalue weighted by molar-refractivity contribution is 9.10. The first-order valence-electron chi connectivity index (χ1n) is 4.52. The molecule has 3 N–H and O–H groups in total. The summed E-state index contributed by atoms with van der Waals surface area (Å²) in [7, 11) is 0. The van der Waals surface area contributed by atoms with Crippen molar-refractivity contribution in [2.45, 2.75) is 18.9 Å². The molecule has 1 aliphatic carbocycles. The number of nitrogens with two attached hydrogens (primary N) is 1. The molecule has 0 unspecified atom stereocenters. The minimum Gasteiger partial charge on any atom is -0.389 e. The van der Waals surface area contributed by atoms with Gasteiger partial charge in [0, 0.05) is 21.8 Å². The minimum atomic E-state index is 0.426. The van der Waals surface area contributed by atoms with Gasteiger partial charge in [0.1, 0.15) is 4.99 Å². The second kappa shape index (κ2) is 3.87. The predicted molar refractivity (Wildman–Crippen MR) is 66.7 cm³/mol. The van der Waals surface area contributed by atoms with E-state index in [1.54, 1.807) is 0 Å². The van der Waals surface area contributed by atoms with Gasteiger partial charge in [-0.25, -0.2) is 0 Å². The van der Waals surface area contributed by atoms with Gasteiger partial charge in [0.2, 0.25) is 0 Å². The maximum atomic E-state index is 5.56. The van der Waals surface area contributed by atoms with Gasteiger partial charge in [-0.05, 0) is 47.0 Å².